The Labute approximate surface area is 160 Å². The quantitative estimate of drug-likeness (QED) is 0.725. The number of carbonyl (C=O) groups is 1. The fourth-order valence-electron chi connectivity index (χ4n) is 2.69. The molecule has 2 aromatic rings. The third-order valence-corrected chi connectivity index (χ3v) is 4.28. The maximum absolute atomic E-state index is 12.6. The smallest absolute Gasteiger partial charge is 0.261 e. The molecule has 2 atom stereocenters. The number of hydrogen-bond acceptors (Lipinski definition) is 5. The molecule has 2 rings (SSSR count). The molecule has 0 aromatic heterocycles. The lowest BCUT2D eigenvalue weighted by Gasteiger charge is -2.22. The first-order valence-corrected chi connectivity index (χ1v) is 8.85. The van der Waals surface area contributed by atoms with Crippen LogP contribution in [0.3, 0.4) is 0 Å². The lowest BCUT2D eigenvalue weighted by atomic mass is 10.0. The van der Waals surface area contributed by atoms with Crippen molar-refractivity contribution < 1.29 is 23.7 Å². The van der Waals surface area contributed by atoms with Crippen LogP contribution in [0.2, 0.25) is 0 Å². The summed E-state index contributed by atoms with van der Waals surface area (Å²) < 4.78 is 21.5. The molecule has 2 aromatic carbocycles. The van der Waals surface area contributed by atoms with E-state index in [2.05, 4.69) is 5.32 Å². The van der Waals surface area contributed by atoms with E-state index in [1.165, 1.54) is 0 Å². The normalized spacial score (nSPS) is 12.6. The van der Waals surface area contributed by atoms with Crippen LogP contribution in [-0.4, -0.2) is 33.3 Å². The summed E-state index contributed by atoms with van der Waals surface area (Å²) in [4.78, 5) is 12.6. The average molecular weight is 373 g/mol. The van der Waals surface area contributed by atoms with Gasteiger partial charge in [-0.05, 0) is 55.3 Å². The molecule has 0 unspecified atom stereocenters. The Kier molecular flexibility index (Phi) is 7.34. The van der Waals surface area contributed by atoms with E-state index in [-0.39, 0.29) is 11.9 Å². The Morgan fingerprint density at radius 3 is 2.11 bits per heavy atom. The SMILES string of the molecule is CC[C@@H](NC(=O)[C@H](C)Oc1ccc(OC)cc1)c1ccc(OC)c(OC)c1. The van der Waals surface area contributed by atoms with Crippen molar-refractivity contribution in [3.8, 4) is 23.0 Å². The van der Waals surface area contributed by atoms with Crippen molar-refractivity contribution >= 4 is 5.91 Å². The van der Waals surface area contributed by atoms with Crippen LogP contribution in [0, 0.1) is 0 Å². The van der Waals surface area contributed by atoms with Gasteiger partial charge in [0.25, 0.3) is 5.91 Å². The summed E-state index contributed by atoms with van der Waals surface area (Å²) in [5.74, 6) is 2.44. The number of methoxy groups -OCH3 is 3. The number of hydrogen-bond donors (Lipinski definition) is 1. The van der Waals surface area contributed by atoms with Gasteiger partial charge in [-0.15, -0.1) is 0 Å². The van der Waals surface area contributed by atoms with Crippen LogP contribution in [0.4, 0.5) is 0 Å². The Bertz CT molecular complexity index is 745. The van der Waals surface area contributed by atoms with Crippen LogP contribution in [0.15, 0.2) is 42.5 Å². The van der Waals surface area contributed by atoms with Gasteiger partial charge in [0.1, 0.15) is 11.5 Å². The average Bonchev–Trinajstić information content (AvgIpc) is 2.71. The molecule has 0 aliphatic carbocycles. The summed E-state index contributed by atoms with van der Waals surface area (Å²) in [6, 6.07) is 12.6. The van der Waals surface area contributed by atoms with Gasteiger partial charge in [-0.25, -0.2) is 0 Å². The molecule has 0 aliphatic rings. The van der Waals surface area contributed by atoms with Crippen LogP contribution >= 0.6 is 0 Å². The highest BCUT2D eigenvalue weighted by Gasteiger charge is 2.20. The van der Waals surface area contributed by atoms with Crippen molar-refractivity contribution in [3.05, 3.63) is 48.0 Å². The third kappa shape index (κ3) is 5.29. The Balaban J connectivity index is 2.04. The van der Waals surface area contributed by atoms with Crippen molar-refractivity contribution in [3.63, 3.8) is 0 Å². The minimum atomic E-state index is -0.632. The molecule has 0 saturated heterocycles. The monoisotopic (exact) mass is 373 g/mol. The van der Waals surface area contributed by atoms with Crippen LogP contribution in [-0.2, 0) is 4.79 Å². The zero-order valence-corrected chi connectivity index (χ0v) is 16.4. The number of rotatable bonds is 9. The Hall–Kier alpha value is -2.89. The maximum atomic E-state index is 12.6. The van der Waals surface area contributed by atoms with Gasteiger partial charge >= 0.3 is 0 Å². The van der Waals surface area contributed by atoms with E-state index in [4.69, 9.17) is 18.9 Å². The summed E-state index contributed by atoms with van der Waals surface area (Å²) in [6.45, 7) is 3.73. The van der Waals surface area contributed by atoms with E-state index in [0.717, 1.165) is 17.7 Å². The first kappa shape index (κ1) is 20.4. The van der Waals surface area contributed by atoms with Crippen molar-refractivity contribution in [2.24, 2.45) is 0 Å². The second-order valence-electron chi connectivity index (χ2n) is 6.02. The molecule has 1 amide bonds. The largest absolute Gasteiger partial charge is 0.497 e. The third-order valence-electron chi connectivity index (χ3n) is 4.28. The van der Waals surface area contributed by atoms with E-state index in [9.17, 15) is 4.79 Å². The van der Waals surface area contributed by atoms with Gasteiger partial charge in [0.15, 0.2) is 17.6 Å². The molecule has 27 heavy (non-hydrogen) atoms. The van der Waals surface area contributed by atoms with Crippen LogP contribution in [0.25, 0.3) is 0 Å². The molecule has 1 N–H and O–H groups in total. The van der Waals surface area contributed by atoms with Gasteiger partial charge in [0.2, 0.25) is 0 Å². The lowest BCUT2D eigenvalue weighted by molar-refractivity contribution is -0.128. The van der Waals surface area contributed by atoms with E-state index in [1.54, 1.807) is 52.5 Å². The van der Waals surface area contributed by atoms with Gasteiger partial charge in [0.05, 0.1) is 27.4 Å². The number of benzene rings is 2. The predicted molar refractivity (Wildman–Crippen MR) is 104 cm³/mol. The summed E-state index contributed by atoms with van der Waals surface area (Å²) in [5.41, 5.74) is 0.945. The highest BCUT2D eigenvalue weighted by Crippen LogP contribution is 2.31. The molecule has 0 spiro atoms. The lowest BCUT2D eigenvalue weighted by Crippen LogP contribution is -2.38. The number of amides is 1. The standard InChI is InChI=1S/C21H27NO5/c1-6-18(15-7-12-19(25-4)20(13-15)26-5)22-21(23)14(2)27-17-10-8-16(24-3)9-11-17/h7-14,18H,6H2,1-5H3,(H,22,23)/t14-,18+/m0/s1. The second kappa shape index (κ2) is 9.71. The molecule has 0 saturated carbocycles. The molecule has 0 heterocycles. The van der Waals surface area contributed by atoms with Crippen molar-refractivity contribution in [1.82, 2.24) is 5.32 Å². The molecule has 0 aliphatic heterocycles. The number of nitrogens with one attached hydrogen (secondary N) is 1. The molecule has 0 radical (unpaired) electrons. The van der Waals surface area contributed by atoms with E-state index < -0.39 is 6.10 Å². The molecule has 0 bridgehead atoms. The van der Waals surface area contributed by atoms with E-state index in [1.807, 2.05) is 25.1 Å². The fraction of sp³-hybridized carbons (Fsp3) is 0.381. The van der Waals surface area contributed by atoms with Gasteiger partial charge in [-0.1, -0.05) is 13.0 Å². The molecular formula is C21H27NO5. The van der Waals surface area contributed by atoms with Gasteiger partial charge in [-0.2, -0.15) is 0 Å². The van der Waals surface area contributed by atoms with Crippen LogP contribution in [0.1, 0.15) is 31.9 Å². The van der Waals surface area contributed by atoms with Crippen LogP contribution in [0.5, 0.6) is 23.0 Å². The minimum Gasteiger partial charge on any atom is -0.497 e. The molecule has 146 valence electrons. The fourth-order valence-corrected chi connectivity index (χ4v) is 2.69. The first-order valence-electron chi connectivity index (χ1n) is 8.85. The predicted octanol–water partition coefficient (Wildman–Crippen LogP) is 3.75. The molecule has 0 fully saturated rings. The van der Waals surface area contributed by atoms with E-state index >= 15 is 0 Å². The van der Waals surface area contributed by atoms with Crippen molar-refractivity contribution in [2.45, 2.75) is 32.4 Å². The molecule has 6 nitrogen and oxygen atoms in total. The summed E-state index contributed by atoms with van der Waals surface area (Å²) in [5, 5.41) is 3.03. The van der Waals surface area contributed by atoms with Gasteiger partial charge in [0, 0.05) is 0 Å². The van der Waals surface area contributed by atoms with Gasteiger partial charge < -0.3 is 24.3 Å². The van der Waals surface area contributed by atoms with Crippen molar-refractivity contribution in [2.75, 3.05) is 21.3 Å². The highest BCUT2D eigenvalue weighted by atomic mass is 16.5. The van der Waals surface area contributed by atoms with Gasteiger partial charge in [-0.3, -0.25) is 4.79 Å². The van der Waals surface area contributed by atoms with E-state index in [0.29, 0.717) is 17.2 Å². The second-order valence-corrected chi connectivity index (χ2v) is 6.02. The number of ether oxygens (including phenoxy) is 4. The highest BCUT2D eigenvalue weighted by molar-refractivity contribution is 5.81. The molecule has 6 heteroatoms. The summed E-state index contributed by atoms with van der Waals surface area (Å²) in [6.07, 6.45) is 0.101. The van der Waals surface area contributed by atoms with Crippen LogP contribution < -0.4 is 24.3 Å². The summed E-state index contributed by atoms with van der Waals surface area (Å²) >= 11 is 0. The number of carbonyl (C=O) groups excluding carboxylic acids is 1. The summed E-state index contributed by atoms with van der Waals surface area (Å²) in [7, 11) is 4.78. The topological polar surface area (TPSA) is 66.0 Å². The first-order chi connectivity index (χ1) is 13.0. The zero-order chi connectivity index (χ0) is 19.8. The Morgan fingerprint density at radius 2 is 1.56 bits per heavy atom. The Morgan fingerprint density at radius 1 is 0.926 bits per heavy atom. The maximum Gasteiger partial charge on any atom is 0.261 e. The van der Waals surface area contributed by atoms with Crippen molar-refractivity contribution in [1.29, 1.82) is 0 Å². The molecular weight excluding hydrogens is 346 g/mol. The minimum absolute atomic E-state index is 0.153. The zero-order valence-electron chi connectivity index (χ0n) is 16.4.